The van der Waals surface area contributed by atoms with E-state index >= 15 is 0 Å². The first-order valence-corrected chi connectivity index (χ1v) is 11.9. The smallest absolute Gasteiger partial charge is 0.197 e. The van der Waals surface area contributed by atoms with Crippen LogP contribution in [0.2, 0.25) is 0 Å². The Bertz CT molecular complexity index is 1560. The molecular formula is C27H17NO2S2. The number of carbonyl (C=O) groups excluding carboxylic acids is 2. The molecule has 32 heavy (non-hydrogen) atoms. The van der Waals surface area contributed by atoms with E-state index in [0.29, 0.717) is 11.1 Å². The predicted octanol–water partition coefficient (Wildman–Crippen LogP) is 7.26. The standard InChI is InChI=1S/C27H17NO2S2/c1-14-9-20-21(10-15(14)2)25(30)22(24(20)29)12-19-13-23-27(31-19)28-26(32-23)18-8-7-16-5-3-4-6-17(16)11-18/h3-13H,1-2H3. The largest absolute Gasteiger partial charge is 0.288 e. The summed E-state index contributed by atoms with van der Waals surface area (Å²) in [4.78, 5) is 32.4. The topological polar surface area (TPSA) is 47.0 Å². The molecule has 0 bridgehead atoms. The van der Waals surface area contributed by atoms with Gasteiger partial charge in [0, 0.05) is 21.6 Å². The molecular weight excluding hydrogens is 434 g/mol. The molecule has 1 aliphatic rings. The SMILES string of the molecule is Cc1cc2c(cc1C)C(=O)C(=Cc1cc3sc(-c4ccc5ccccc5c4)nc3s1)C2=O. The summed E-state index contributed by atoms with van der Waals surface area (Å²) in [7, 11) is 0. The third kappa shape index (κ3) is 2.97. The normalized spacial score (nSPS) is 13.4. The highest BCUT2D eigenvalue weighted by Gasteiger charge is 2.33. The molecule has 3 aromatic carbocycles. The predicted molar refractivity (Wildman–Crippen MR) is 133 cm³/mol. The number of hydrogen-bond donors (Lipinski definition) is 0. The van der Waals surface area contributed by atoms with Gasteiger partial charge in [0.15, 0.2) is 11.6 Å². The number of fused-ring (bicyclic) bond motifs is 3. The Morgan fingerprint density at radius 3 is 2.16 bits per heavy atom. The number of rotatable bonds is 2. The molecule has 0 unspecified atom stereocenters. The Labute approximate surface area is 192 Å². The number of aryl methyl sites for hydroxylation is 2. The first-order chi connectivity index (χ1) is 15.5. The van der Waals surface area contributed by atoms with Crippen LogP contribution in [0.4, 0.5) is 0 Å². The number of nitrogens with zero attached hydrogens (tertiary/aromatic N) is 1. The second-order valence-corrected chi connectivity index (χ2v) is 10.2. The summed E-state index contributed by atoms with van der Waals surface area (Å²) in [5.74, 6) is -0.371. The van der Waals surface area contributed by atoms with Gasteiger partial charge in [-0.05, 0) is 66.1 Å². The number of thiazole rings is 1. The minimum absolute atomic E-state index is 0.185. The fourth-order valence-electron chi connectivity index (χ4n) is 4.13. The number of hydrogen-bond acceptors (Lipinski definition) is 5. The maximum absolute atomic E-state index is 12.9. The Hall–Kier alpha value is -3.41. The quantitative estimate of drug-likeness (QED) is 0.210. The second-order valence-electron chi connectivity index (χ2n) is 8.10. The molecule has 6 rings (SSSR count). The summed E-state index contributed by atoms with van der Waals surface area (Å²) in [5.41, 5.74) is 4.41. The summed E-state index contributed by atoms with van der Waals surface area (Å²) in [6.07, 6.45) is 1.73. The van der Waals surface area contributed by atoms with E-state index in [1.165, 1.54) is 22.1 Å². The van der Waals surface area contributed by atoms with Gasteiger partial charge in [-0.25, -0.2) is 4.98 Å². The lowest BCUT2D eigenvalue weighted by Crippen LogP contribution is -1.99. The molecule has 5 aromatic rings. The van der Waals surface area contributed by atoms with Crippen molar-refractivity contribution in [2.24, 2.45) is 0 Å². The minimum Gasteiger partial charge on any atom is -0.288 e. The van der Waals surface area contributed by atoms with Gasteiger partial charge in [0.2, 0.25) is 0 Å². The molecule has 0 spiro atoms. The number of thiophene rings is 1. The van der Waals surface area contributed by atoms with Gasteiger partial charge in [0.1, 0.15) is 9.84 Å². The fraction of sp³-hybridized carbons (Fsp3) is 0.0741. The Morgan fingerprint density at radius 1 is 0.781 bits per heavy atom. The molecule has 154 valence electrons. The third-order valence-electron chi connectivity index (χ3n) is 6.00. The number of Topliss-reactive ketones (excluding diaryl/α,β-unsaturated/α-hetero) is 2. The van der Waals surface area contributed by atoms with Gasteiger partial charge in [-0.3, -0.25) is 9.59 Å². The van der Waals surface area contributed by atoms with Crippen LogP contribution in [0, 0.1) is 13.8 Å². The molecule has 0 aliphatic heterocycles. The van der Waals surface area contributed by atoms with Gasteiger partial charge in [-0.1, -0.05) is 36.4 Å². The summed E-state index contributed by atoms with van der Waals surface area (Å²) in [5, 5.41) is 3.38. The number of benzene rings is 3. The molecule has 0 fully saturated rings. The van der Waals surface area contributed by atoms with Crippen LogP contribution < -0.4 is 0 Å². The second kappa shape index (κ2) is 7.05. The maximum atomic E-state index is 12.9. The third-order valence-corrected chi connectivity index (χ3v) is 8.16. The van der Waals surface area contributed by atoms with Crippen LogP contribution in [0.25, 0.3) is 36.9 Å². The molecule has 5 heteroatoms. The van der Waals surface area contributed by atoms with E-state index in [4.69, 9.17) is 4.98 Å². The lowest BCUT2D eigenvalue weighted by Gasteiger charge is -2.01. The van der Waals surface area contributed by atoms with Gasteiger partial charge in [0.05, 0.1) is 10.3 Å². The Balaban J connectivity index is 1.36. The van der Waals surface area contributed by atoms with Gasteiger partial charge in [0.25, 0.3) is 0 Å². The highest BCUT2D eigenvalue weighted by molar-refractivity contribution is 7.29. The van der Waals surface area contributed by atoms with Crippen LogP contribution in [-0.4, -0.2) is 16.6 Å². The lowest BCUT2D eigenvalue weighted by atomic mass is 10.0. The van der Waals surface area contributed by atoms with E-state index in [1.807, 2.05) is 44.2 Å². The highest BCUT2D eigenvalue weighted by Crippen LogP contribution is 2.38. The first-order valence-electron chi connectivity index (χ1n) is 10.3. The molecule has 0 radical (unpaired) electrons. The molecule has 0 saturated heterocycles. The van der Waals surface area contributed by atoms with Crippen molar-refractivity contribution in [3.05, 3.63) is 93.4 Å². The summed E-state index contributed by atoms with van der Waals surface area (Å²) in [6, 6.07) is 20.4. The van der Waals surface area contributed by atoms with E-state index in [1.54, 1.807) is 17.4 Å². The van der Waals surface area contributed by atoms with E-state index in [2.05, 4.69) is 30.3 Å². The van der Waals surface area contributed by atoms with Crippen molar-refractivity contribution in [3.63, 3.8) is 0 Å². The van der Waals surface area contributed by atoms with E-state index in [-0.39, 0.29) is 17.1 Å². The average Bonchev–Trinajstić information content (AvgIpc) is 3.42. The summed E-state index contributed by atoms with van der Waals surface area (Å²) < 4.78 is 1.06. The first kappa shape index (κ1) is 19.3. The van der Waals surface area contributed by atoms with E-state index < -0.39 is 0 Å². The number of allylic oxidation sites excluding steroid dienone is 1. The molecule has 2 aromatic heterocycles. The van der Waals surface area contributed by atoms with Gasteiger partial charge in [-0.15, -0.1) is 22.7 Å². The van der Waals surface area contributed by atoms with Crippen LogP contribution in [0.3, 0.4) is 0 Å². The van der Waals surface area contributed by atoms with Crippen molar-refractivity contribution in [1.29, 1.82) is 0 Å². The van der Waals surface area contributed by atoms with Crippen LogP contribution in [0.1, 0.15) is 36.7 Å². The van der Waals surface area contributed by atoms with Crippen LogP contribution in [-0.2, 0) is 0 Å². The minimum atomic E-state index is -0.185. The monoisotopic (exact) mass is 451 g/mol. The van der Waals surface area contributed by atoms with Crippen molar-refractivity contribution in [3.8, 4) is 10.6 Å². The lowest BCUT2D eigenvalue weighted by molar-refractivity contribution is 0.0990. The number of ketones is 2. The molecule has 0 N–H and O–H groups in total. The van der Waals surface area contributed by atoms with Gasteiger partial charge >= 0.3 is 0 Å². The number of aromatic nitrogens is 1. The fourth-order valence-corrected chi connectivity index (χ4v) is 6.29. The van der Waals surface area contributed by atoms with Crippen molar-refractivity contribution in [2.75, 3.05) is 0 Å². The van der Waals surface area contributed by atoms with Crippen molar-refractivity contribution >= 4 is 60.6 Å². The zero-order valence-electron chi connectivity index (χ0n) is 17.4. The highest BCUT2D eigenvalue weighted by atomic mass is 32.1. The van der Waals surface area contributed by atoms with Crippen LogP contribution in [0.15, 0.2) is 66.2 Å². The molecule has 0 atom stereocenters. The zero-order valence-corrected chi connectivity index (χ0v) is 19.1. The molecule has 0 amide bonds. The number of carbonyl (C=O) groups is 2. The molecule has 2 heterocycles. The van der Waals surface area contributed by atoms with Crippen molar-refractivity contribution < 1.29 is 9.59 Å². The Kier molecular flexibility index (Phi) is 4.25. The van der Waals surface area contributed by atoms with Crippen LogP contribution >= 0.6 is 22.7 Å². The summed E-state index contributed by atoms with van der Waals surface area (Å²) in [6.45, 7) is 3.92. The molecule has 0 saturated carbocycles. The van der Waals surface area contributed by atoms with E-state index in [0.717, 1.165) is 36.1 Å². The molecule has 3 nitrogen and oxygen atoms in total. The van der Waals surface area contributed by atoms with Gasteiger partial charge < -0.3 is 0 Å². The van der Waals surface area contributed by atoms with Crippen molar-refractivity contribution in [2.45, 2.75) is 13.8 Å². The van der Waals surface area contributed by atoms with Gasteiger partial charge in [-0.2, -0.15) is 0 Å². The summed E-state index contributed by atoms with van der Waals surface area (Å²) >= 11 is 3.14. The Morgan fingerprint density at radius 2 is 1.47 bits per heavy atom. The zero-order chi connectivity index (χ0) is 22.0. The van der Waals surface area contributed by atoms with Crippen molar-refractivity contribution in [1.82, 2.24) is 4.98 Å². The van der Waals surface area contributed by atoms with E-state index in [9.17, 15) is 9.59 Å². The molecule has 1 aliphatic carbocycles. The van der Waals surface area contributed by atoms with Crippen LogP contribution in [0.5, 0.6) is 0 Å². The maximum Gasteiger partial charge on any atom is 0.197 e. The average molecular weight is 452 g/mol.